The quantitative estimate of drug-likeness (QED) is 0.102. The van der Waals surface area contributed by atoms with E-state index in [1.54, 1.807) is 0 Å². The molecule has 2 heterocycles. The summed E-state index contributed by atoms with van der Waals surface area (Å²) < 4.78 is 17.9. The Morgan fingerprint density at radius 1 is 0.907 bits per heavy atom. The van der Waals surface area contributed by atoms with Crippen molar-refractivity contribution in [2.75, 3.05) is 26.2 Å². The second-order valence-electron chi connectivity index (χ2n) is 12.6. The van der Waals surface area contributed by atoms with Gasteiger partial charge >= 0.3 is 0 Å². The number of nitrogens with two attached hydrogens (primary N) is 5. The molecule has 4 aliphatic rings. The Morgan fingerprint density at radius 2 is 1.60 bits per heavy atom. The molecule has 2 saturated carbocycles. The number of hydrogen-bond donors (Lipinski definition) is 13. The number of amides is 1. The lowest BCUT2D eigenvalue weighted by molar-refractivity contribution is -0.306. The molecule has 0 aromatic carbocycles. The third-order valence-electron chi connectivity index (χ3n) is 9.36. The SMILES string of the molecule is NCC(O)C(=O)NC1CC(N)C(C2OC(CNCC3CC(N)C3)C(O)CC2N)C(O)C1OC1OC(CO)C(O)C(N)C1O. The number of aliphatic hydroxyl groups excluding tert-OH is 6. The summed E-state index contributed by atoms with van der Waals surface area (Å²) in [5, 5.41) is 68.9. The predicted octanol–water partition coefficient (Wildman–Crippen LogP) is -7.18. The summed E-state index contributed by atoms with van der Waals surface area (Å²) in [5.41, 5.74) is 30.2. The number of rotatable bonds is 11. The van der Waals surface area contributed by atoms with Crippen LogP contribution in [0.5, 0.6) is 0 Å². The fraction of sp³-hybridized carbons (Fsp3) is 0.962. The lowest BCUT2D eigenvalue weighted by atomic mass is 9.72. The summed E-state index contributed by atoms with van der Waals surface area (Å²) in [6.07, 6.45) is -10.1. The number of carbonyl (C=O) groups excluding carboxylic acids is 1. The Balaban J connectivity index is 1.52. The predicted molar refractivity (Wildman–Crippen MR) is 151 cm³/mol. The van der Waals surface area contributed by atoms with Crippen LogP contribution in [-0.2, 0) is 19.0 Å². The second-order valence-corrected chi connectivity index (χ2v) is 12.6. The van der Waals surface area contributed by atoms with Crippen molar-refractivity contribution < 1.29 is 49.6 Å². The topological polar surface area (TPSA) is 320 Å². The van der Waals surface area contributed by atoms with Gasteiger partial charge in [-0.05, 0) is 38.1 Å². The Morgan fingerprint density at radius 3 is 2.23 bits per heavy atom. The first-order valence-electron chi connectivity index (χ1n) is 15.1. The van der Waals surface area contributed by atoms with Crippen molar-refractivity contribution in [1.29, 1.82) is 0 Å². The molecule has 43 heavy (non-hydrogen) atoms. The highest BCUT2D eigenvalue weighted by atomic mass is 16.7. The van der Waals surface area contributed by atoms with Gasteiger partial charge in [0.15, 0.2) is 6.29 Å². The fourth-order valence-electron chi connectivity index (χ4n) is 6.72. The molecule has 17 nitrogen and oxygen atoms in total. The van der Waals surface area contributed by atoms with Crippen LogP contribution in [0.25, 0.3) is 0 Å². The van der Waals surface area contributed by atoms with Gasteiger partial charge < -0.3 is 84.2 Å². The highest BCUT2D eigenvalue weighted by Gasteiger charge is 2.53. The molecule has 2 aliphatic heterocycles. The van der Waals surface area contributed by atoms with Gasteiger partial charge in [0.25, 0.3) is 0 Å². The average Bonchev–Trinajstić information content (AvgIpc) is 2.95. The van der Waals surface area contributed by atoms with Crippen molar-refractivity contribution in [2.24, 2.45) is 40.5 Å². The van der Waals surface area contributed by atoms with Gasteiger partial charge in [-0.15, -0.1) is 0 Å². The molecule has 0 spiro atoms. The van der Waals surface area contributed by atoms with Crippen LogP contribution in [0.1, 0.15) is 25.7 Å². The van der Waals surface area contributed by atoms with Crippen LogP contribution in [-0.4, -0.2) is 154 Å². The Hall–Kier alpha value is -1.13. The average molecular weight is 622 g/mol. The second kappa shape index (κ2) is 15.0. The molecule has 17 heteroatoms. The van der Waals surface area contributed by atoms with E-state index in [2.05, 4.69) is 10.6 Å². The van der Waals surface area contributed by atoms with Crippen molar-refractivity contribution >= 4 is 5.91 Å². The van der Waals surface area contributed by atoms with E-state index in [1.807, 2.05) is 0 Å². The standard InChI is InChI=1S/C26H51N7O10/c27-5-15(36)25(40)33-13-3-11(29)18(21(38)24(13)43-26-22(39)19(31)20(37)17(8-34)42-26)23-12(30)4-14(35)16(41-23)7-32-6-9-1-10(28)2-9/h9-24,26,32,34-39H,1-8,27-31H2,(H,33,40). The summed E-state index contributed by atoms with van der Waals surface area (Å²) >= 11 is 0. The van der Waals surface area contributed by atoms with E-state index >= 15 is 0 Å². The van der Waals surface area contributed by atoms with Gasteiger partial charge in [0, 0.05) is 37.1 Å². The molecular formula is C26H51N7O10. The monoisotopic (exact) mass is 621 g/mol. The van der Waals surface area contributed by atoms with E-state index in [0.29, 0.717) is 12.5 Å². The largest absolute Gasteiger partial charge is 0.394 e. The Bertz CT molecular complexity index is 904. The van der Waals surface area contributed by atoms with Gasteiger partial charge in [-0.1, -0.05) is 0 Å². The summed E-state index contributed by atoms with van der Waals surface area (Å²) in [4.78, 5) is 12.6. The van der Waals surface area contributed by atoms with Crippen LogP contribution in [0.15, 0.2) is 0 Å². The van der Waals surface area contributed by atoms with Gasteiger partial charge in [-0.3, -0.25) is 4.79 Å². The third kappa shape index (κ3) is 7.82. The Labute approximate surface area is 250 Å². The van der Waals surface area contributed by atoms with Crippen LogP contribution < -0.4 is 39.3 Å². The van der Waals surface area contributed by atoms with E-state index in [4.69, 9.17) is 42.9 Å². The van der Waals surface area contributed by atoms with Crippen LogP contribution in [0.4, 0.5) is 0 Å². The number of nitrogens with one attached hydrogen (secondary N) is 2. The number of ether oxygens (including phenoxy) is 3. The molecule has 18 N–H and O–H groups in total. The number of aliphatic hydroxyl groups is 6. The molecule has 15 unspecified atom stereocenters. The van der Waals surface area contributed by atoms with Crippen molar-refractivity contribution in [3.63, 3.8) is 0 Å². The molecule has 4 fully saturated rings. The molecule has 1 amide bonds. The zero-order valence-corrected chi connectivity index (χ0v) is 24.2. The highest BCUT2D eigenvalue weighted by molar-refractivity contribution is 5.81. The number of hydrogen-bond acceptors (Lipinski definition) is 16. The Kier molecular flexibility index (Phi) is 12.1. The summed E-state index contributed by atoms with van der Waals surface area (Å²) in [6.45, 7) is 0.0897. The lowest BCUT2D eigenvalue weighted by Gasteiger charge is -2.51. The van der Waals surface area contributed by atoms with E-state index in [1.165, 1.54) is 0 Å². The first-order chi connectivity index (χ1) is 20.4. The molecule has 15 atom stereocenters. The normalized spacial score (nSPS) is 47.9. The molecule has 2 saturated heterocycles. The smallest absolute Gasteiger partial charge is 0.250 e. The molecular weight excluding hydrogens is 570 g/mol. The minimum atomic E-state index is -1.56. The minimum absolute atomic E-state index is 0.0380. The first-order valence-corrected chi connectivity index (χ1v) is 15.1. The van der Waals surface area contributed by atoms with Crippen molar-refractivity contribution in [2.45, 2.75) is 117 Å². The van der Waals surface area contributed by atoms with E-state index < -0.39 is 104 Å². The molecule has 0 aromatic rings. The van der Waals surface area contributed by atoms with Gasteiger partial charge in [0.2, 0.25) is 5.91 Å². The van der Waals surface area contributed by atoms with Crippen LogP contribution in [0, 0.1) is 11.8 Å². The van der Waals surface area contributed by atoms with Crippen LogP contribution in [0.2, 0.25) is 0 Å². The van der Waals surface area contributed by atoms with E-state index in [0.717, 1.165) is 19.4 Å². The number of carbonyl (C=O) groups is 1. The maximum absolute atomic E-state index is 12.6. The van der Waals surface area contributed by atoms with Crippen molar-refractivity contribution in [1.82, 2.24) is 10.6 Å². The maximum Gasteiger partial charge on any atom is 0.250 e. The molecule has 250 valence electrons. The van der Waals surface area contributed by atoms with Crippen LogP contribution >= 0.6 is 0 Å². The zero-order chi connectivity index (χ0) is 31.6. The third-order valence-corrected chi connectivity index (χ3v) is 9.36. The molecule has 2 aliphatic carbocycles. The summed E-state index contributed by atoms with van der Waals surface area (Å²) in [5.74, 6) is -1.21. The minimum Gasteiger partial charge on any atom is -0.394 e. The maximum atomic E-state index is 12.6. The molecule has 4 rings (SSSR count). The summed E-state index contributed by atoms with van der Waals surface area (Å²) in [6, 6.07) is -3.50. The zero-order valence-electron chi connectivity index (χ0n) is 24.2. The molecule has 0 bridgehead atoms. The molecule has 0 aromatic heterocycles. The van der Waals surface area contributed by atoms with Crippen molar-refractivity contribution in [3.8, 4) is 0 Å². The van der Waals surface area contributed by atoms with Gasteiger partial charge in [0.05, 0.1) is 43.1 Å². The summed E-state index contributed by atoms with van der Waals surface area (Å²) in [7, 11) is 0. The lowest BCUT2D eigenvalue weighted by Crippen LogP contribution is -2.70. The van der Waals surface area contributed by atoms with Crippen LogP contribution in [0.3, 0.4) is 0 Å². The van der Waals surface area contributed by atoms with Crippen molar-refractivity contribution in [3.05, 3.63) is 0 Å². The fourth-order valence-corrected chi connectivity index (χ4v) is 6.72. The van der Waals surface area contributed by atoms with Gasteiger partial charge in [0.1, 0.15) is 30.5 Å². The van der Waals surface area contributed by atoms with E-state index in [-0.39, 0.29) is 25.4 Å². The van der Waals surface area contributed by atoms with Gasteiger partial charge in [-0.2, -0.15) is 0 Å². The van der Waals surface area contributed by atoms with Gasteiger partial charge in [-0.25, -0.2) is 0 Å². The molecule has 0 radical (unpaired) electrons. The first kappa shape index (κ1) is 34.7. The van der Waals surface area contributed by atoms with E-state index in [9.17, 15) is 35.4 Å². The highest BCUT2D eigenvalue weighted by Crippen LogP contribution is 2.37.